The number of hydrogen-bond donors (Lipinski definition) is 0. The molecule has 45 heavy (non-hydrogen) atoms. The quantitative estimate of drug-likeness (QED) is 0.204. The summed E-state index contributed by atoms with van der Waals surface area (Å²) in [7, 11) is 0. The molecule has 8 aromatic rings. The second-order valence-corrected chi connectivity index (χ2v) is 11.5. The van der Waals surface area contributed by atoms with Crippen molar-refractivity contribution < 1.29 is 0 Å². The van der Waals surface area contributed by atoms with Crippen LogP contribution in [0.25, 0.3) is 66.1 Å². The Balaban J connectivity index is 1.43. The van der Waals surface area contributed by atoms with Crippen molar-refractivity contribution in [3.8, 4) is 44.5 Å². The molecule has 1 aromatic heterocycles. The van der Waals surface area contributed by atoms with Crippen LogP contribution in [0.2, 0.25) is 0 Å². The summed E-state index contributed by atoms with van der Waals surface area (Å²) >= 11 is 0. The zero-order valence-electron chi connectivity index (χ0n) is 24.6. The van der Waals surface area contributed by atoms with Crippen LogP contribution < -0.4 is 4.90 Å². The van der Waals surface area contributed by atoms with E-state index in [1.54, 1.807) is 0 Å². The second-order valence-electron chi connectivity index (χ2n) is 11.5. The highest BCUT2D eigenvalue weighted by Gasteiger charge is 2.31. The summed E-state index contributed by atoms with van der Waals surface area (Å²) in [5.41, 5.74) is 13.6. The highest BCUT2D eigenvalue weighted by atomic mass is 15.1. The fourth-order valence-electron chi connectivity index (χ4n) is 7.29. The number of nitrogens with zero attached hydrogens (tertiary/aromatic N) is 2. The van der Waals surface area contributed by atoms with Gasteiger partial charge in [0.2, 0.25) is 0 Å². The average molecular weight is 573 g/mol. The van der Waals surface area contributed by atoms with Gasteiger partial charge in [0, 0.05) is 29.2 Å². The SMILES string of the molecule is c1ccc(-c2c3c(c(-c4ccccc4)c4ccccc24)-c2ccc(N(c4ccccc4)c4ccncc4)c4cccc-3c24)cc1. The standard InChI is InChI=1S/C43H28N2/c1-4-13-29(14-5-1)39-33-19-10-11-20-34(33)40(30-15-6-2-7-16-30)43-37-23-24-38(35-21-12-22-36(41(35)37)42(39)43)45(31-17-8-3-9-18-31)32-25-27-44-28-26-32/h1-28H. The fraction of sp³-hybridized carbons (Fsp3) is 0. The van der Waals surface area contributed by atoms with Crippen LogP contribution in [0, 0.1) is 0 Å². The molecule has 0 spiro atoms. The summed E-state index contributed by atoms with van der Waals surface area (Å²) in [6, 6.07) is 57.0. The first-order chi connectivity index (χ1) is 22.4. The molecular formula is C43H28N2. The topological polar surface area (TPSA) is 16.1 Å². The van der Waals surface area contributed by atoms with E-state index in [0.29, 0.717) is 0 Å². The lowest BCUT2D eigenvalue weighted by atomic mass is 9.82. The Bertz CT molecular complexity index is 2210. The lowest BCUT2D eigenvalue weighted by molar-refractivity contribution is 1.25. The minimum Gasteiger partial charge on any atom is -0.310 e. The molecule has 0 amide bonds. The van der Waals surface area contributed by atoms with E-state index in [4.69, 9.17) is 0 Å². The van der Waals surface area contributed by atoms with Crippen molar-refractivity contribution in [2.45, 2.75) is 0 Å². The number of fused-ring (bicyclic) bond motifs is 4. The van der Waals surface area contributed by atoms with Crippen LogP contribution in [0.1, 0.15) is 0 Å². The Morgan fingerprint density at radius 1 is 0.356 bits per heavy atom. The van der Waals surface area contributed by atoms with E-state index >= 15 is 0 Å². The number of benzene rings is 7. The summed E-state index contributed by atoms with van der Waals surface area (Å²) in [6.07, 6.45) is 3.73. The molecule has 0 N–H and O–H groups in total. The Morgan fingerprint density at radius 2 is 0.844 bits per heavy atom. The summed E-state index contributed by atoms with van der Waals surface area (Å²) < 4.78 is 0. The normalized spacial score (nSPS) is 11.6. The van der Waals surface area contributed by atoms with Crippen LogP contribution in [0.5, 0.6) is 0 Å². The van der Waals surface area contributed by atoms with Gasteiger partial charge in [-0.3, -0.25) is 4.98 Å². The maximum atomic E-state index is 4.32. The molecule has 1 aliphatic rings. The van der Waals surface area contributed by atoms with Crippen molar-refractivity contribution in [1.29, 1.82) is 0 Å². The Labute approximate surface area is 262 Å². The number of hydrogen-bond acceptors (Lipinski definition) is 2. The molecule has 0 radical (unpaired) electrons. The maximum absolute atomic E-state index is 4.32. The first kappa shape index (κ1) is 25.5. The summed E-state index contributed by atoms with van der Waals surface area (Å²) in [5.74, 6) is 0. The number of para-hydroxylation sites is 1. The van der Waals surface area contributed by atoms with E-state index in [1.807, 2.05) is 12.4 Å². The van der Waals surface area contributed by atoms with Gasteiger partial charge in [0.25, 0.3) is 0 Å². The van der Waals surface area contributed by atoms with Crippen molar-refractivity contribution in [1.82, 2.24) is 4.98 Å². The molecule has 210 valence electrons. The fourth-order valence-corrected chi connectivity index (χ4v) is 7.29. The third-order valence-electron chi connectivity index (χ3n) is 9.07. The van der Waals surface area contributed by atoms with E-state index in [-0.39, 0.29) is 0 Å². The van der Waals surface area contributed by atoms with E-state index in [1.165, 1.54) is 66.1 Å². The monoisotopic (exact) mass is 572 g/mol. The predicted molar refractivity (Wildman–Crippen MR) is 189 cm³/mol. The molecule has 0 saturated carbocycles. The zero-order chi connectivity index (χ0) is 29.7. The lowest BCUT2D eigenvalue weighted by Crippen LogP contribution is -2.10. The molecule has 0 atom stereocenters. The van der Waals surface area contributed by atoms with Crippen molar-refractivity contribution in [3.05, 3.63) is 170 Å². The van der Waals surface area contributed by atoms with Gasteiger partial charge in [-0.15, -0.1) is 0 Å². The second kappa shape index (κ2) is 10.3. The molecule has 2 nitrogen and oxygen atoms in total. The summed E-state index contributed by atoms with van der Waals surface area (Å²) in [4.78, 5) is 6.67. The molecule has 0 fully saturated rings. The summed E-state index contributed by atoms with van der Waals surface area (Å²) in [5, 5.41) is 5.07. The van der Waals surface area contributed by atoms with Crippen molar-refractivity contribution in [2.75, 3.05) is 4.90 Å². The highest BCUT2D eigenvalue weighted by molar-refractivity contribution is 6.29. The van der Waals surface area contributed by atoms with E-state index in [9.17, 15) is 0 Å². The largest absolute Gasteiger partial charge is 0.310 e. The van der Waals surface area contributed by atoms with Crippen molar-refractivity contribution >= 4 is 38.6 Å². The van der Waals surface area contributed by atoms with Crippen molar-refractivity contribution in [3.63, 3.8) is 0 Å². The number of aromatic nitrogens is 1. The molecule has 1 aliphatic carbocycles. The molecule has 0 unspecified atom stereocenters. The summed E-state index contributed by atoms with van der Waals surface area (Å²) in [6.45, 7) is 0. The maximum Gasteiger partial charge on any atom is 0.0540 e. The predicted octanol–water partition coefficient (Wildman–Crippen LogP) is 11.8. The van der Waals surface area contributed by atoms with Crippen LogP contribution >= 0.6 is 0 Å². The van der Waals surface area contributed by atoms with Gasteiger partial charge in [0.15, 0.2) is 0 Å². The van der Waals surface area contributed by atoms with Crippen LogP contribution in [-0.2, 0) is 0 Å². The molecule has 0 saturated heterocycles. The highest BCUT2D eigenvalue weighted by Crippen LogP contribution is 2.59. The van der Waals surface area contributed by atoms with Gasteiger partial charge in [-0.25, -0.2) is 0 Å². The van der Waals surface area contributed by atoms with Crippen molar-refractivity contribution in [2.24, 2.45) is 0 Å². The Morgan fingerprint density at radius 3 is 1.44 bits per heavy atom. The zero-order valence-corrected chi connectivity index (χ0v) is 24.6. The van der Waals surface area contributed by atoms with Gasteiger partial charge >= 0.3 is 0 Å². The first-order valence-electron chi connectivity index (χ1n) is 15.4. The van der Waals surface area contributed by atoms with Gasteiger partial charge in [0.1, 0.15) is 0 Å². The number of rotatable bonds is 5. The Kier molecular flexibility index (Phi) is 5.85. The third kappa shape index (κ3) is 3.93. The molecule has 2 heteroatoms. The van der Waals surface area contributed by atoms with E-state index < -0.39 is 0 Å². The molecule has 0 aliphatic heterocycles. The molecular weight excluding hydrogens is 544 g/mol. The van der Waals surface area contributed by atoms with Gasteiger partial charge in [0.05, 0.1) is 5.69 Å². The van der Waals surface area contributed by atoms with Gasteiger partial charge in [-0.2, -0.15) is 0 Å². The molecule has 7 aromatic carbocycles. The van der Waals surface area contributed by atoms with Crippen LogP contribution in [0.4, 0.5) is 17.1 Å². The molecule has 0 bridgehead atoms. The van der Waals surface area contributed by atoms with E-state index in [0.717, 1.165) is 17.1 Å². The minimum absolute atomic E-state index is 1.08. The van der Waals surface area contributed by atoms with Crippen LogP contribution in [0.3, 0.4) is 0 Å². The molecule has 9 rings (SSSR count). The lowest BCUT2D eigenvalue weighted by Gasteiger charge is -2.27. The first-order valence-corrected chi connectivity index (χ1v) is 15.4. The van der Waals surface area contributed by atoms with Gasteiger partial charge in [-0.1, -0.05) is 127 Å². The van der Waals surface area contributed by atoms with Crippen LogP contribution in [-0.4, -0.2) is 4.98 Å². The smallest absolute Gasteiger partial charge is 0.0540 e. The molecule has 1 heterocycles. The average Bonchev–Trinajstić information content (AvgIpc) is 3.45. The minimum atomic E-state index is 1.08. The van der Waals surface area contributed by atoms with E-state index in [2.05, 4.69) is 168 Å². The number of pyridine rings is 1. The third-order valence-corrected chi connectivity index (χ3v) is 9.07. The van der Waals surface area contributed by atoms with Gasteiger partial charge in [-0.05, 0) is 91.0 Å². The Hall–Kier alpha value is -5.99. The van der Waals surface area contributed by atoms with Gasteiger partial charge < -0.3 is 4.90 Å². The number of anilines is 3. The van der Waals surface area contributed by atoms with Crippen LogP contribution in [0.15, 0.2) is 170 Å².